The summed E-state index contributed by atoms with van der Waals surface area (Å²) in [6, 6.07) is 4.82. The maximum absolute atomic E-state index is 12.3. The van der Waals surface area contributed by atoms with E-state index in [-0.39, 0.29) is 11.4 Å². The first kappa shape index (κ1) is 25.0. The molecule has 2 rings (SSSR count). The summed E-state index contributed by atoms with van der Waals surface area (Å²) in [6.07, 6.45) is 3.95. The predicted octanol–water partition coefficient (Wildman–Crippen LogP) is 5.38. The highest BCUT2D eigenvalue weighted by Gasteiger charge is 2.17. The lowest BCUT2D eigenvalue weighted by atomic mass is 10.1. The van der Waals surface area contributed by atoms with Crippen molar-refractivity contribution in [3.05, 3.63) is 39.8 Å². The molecule has 0 radical (unpaired) electrons. The van der Waals surface area contributed by atoms with Crippen molar-refractivity contribution in [1.29, 1.82) is 5.41 Å². The Labute approximate surface area is 179 Å². The second-order valence-corrected chi connectivity index (χ2v) is 8.19. The van der Waals surface area contributed by atoms with Crippen LogP contribution in [0.2, 0.25) is 0 Å². The van der Waals surface area contributed by atoms with Gasteiger partial charge in [-0.15, -0.1) is 0 Å². The fourth-order valence-electron chi connectivity index (χ4n) is 2.40. The summed E-state index contributed by atoms with van der Waals surface area (Å²) < 4.78 is 17.2. The molecule has 0 saturated heterocycles. The number of hydrogen-bond donors (Lipinski definition) is 2. The molecule has 0 fully saturated rings. The summed E-state index contributed by atoms with van der Waals surface area (Å²) in [7, 11) is 3.98. The van der Waals surface area contributed by atoms with E-state index in [1.165, 1.54) is 12.8 Å². The van der Waals surface area contributed by atoms with Crippen LogP contribution in [0.3, 0.4) is 0 Å². The van der Waals surface area contributed by atoms with Crippen LogP contribution >= 0.6 is 10.7 Å². The van der Waals surface area contributed by atoms with E-state index in [0.717, 1.165) is 6.42 Å². The van der Waals surface area contributed by atoms with E-state index in [1.54, 1.807) is 25.1 Å². The first-order valence-electron chi connectivity index (χ1n) is 9.84. The minimum absolute atomic E-state index is 0.263. The fourth-order valence-corrected chi connectivity index (χ4v) is 3.07. The van der Waals surface area contributed by atoms with Crippen molar-refractivity contribution in [1.82, 2.24) is 9.97 Å². The normalized spacial score (nSPS) is 11.4. The maximum Gasteiger partial charge on any atom is 0.254 e. The molecule has 6 nitrogen and oxygen atoms in total. The van der Waals surface area contributed by atoms with E-state index in [1.807, 2.05) is 13.8 Å². The topological polar surface area (TPSA) is 95.9 Å². The molecule has 0 spiro atoms. The number of nitrogens with zero attached hydrogens (tertiary/aromatic N) is 1. The first-order valence-corrected chi connectivity index (χ1v) is 11.8. The monoisotopic (exact) mass is 439 g/mol. The van der Waals surface area contributed by atoms with Crippen molar-refractivity contribution >= 4 is 26.4 Å². The van der Waals surface area contributed by atoms with Gasteiger partial charge in [0.2, 0.25) is 0 Å². The average molecular weight is 440 g/mol. The Morgan fingerprint density at radius 3 is 2.38 bits per heavy atom. The van der Waals surface area contributed by atoms with Gasteiger partial charge in [0.25, 0.3) is 5.56 Å². The molecule has 2 N–H and O–H groups in total. The van der Waals surface area contributed by atoms with Crippen LogP contribution in [0.1, 0.15) is 64.6 Å². The number of aromatic amines is 1. The lowest BCUT2D eigenvalue weighted by Gasteiger charge is -2.13. The number of rotatable bonds is 8. The summed E-state index contributed by atoms with van der Waals surface area (Å²) in [4.78, 5) is 19.9. The molecule has 1 heterocycles. The van der Waals surface area contributed by atoms with Crippen molar-refractivity contribution < 1.29 is 8.95 Å². The van der Waals surface area contributed by atoms with Crippen LogP contribution in [0.15, 0.2) is 27.9 Å². The van der Waals surface area contributed by atoms with E-state index in [9.17, 15) is 9.00 Å². The molecule has 1 atom stereocenters. The highest BCUT2D eigenvalue weighted by Crippen LogP contribution is 2.30. The highest BCUT2D eigenvalue weighted by molar-refractivity contribution is 8.08. The lowest BCUT2D eigenvalue weighted by Crippen LogP contribution is -2.19. The molecule has 0 aliphatic rings. The van der Waals surface area contributed by atoms with Gasteiger partial charge in [0.05, 0.1) is 28.5 Å². The summed E-state index contributed by atoms with van der Waals surface area (Å²) in [5.41, 5.74) is 1.23. The third-order valence-corrected chi connectivity index (χ3v) is 5.29. The fraction of sp³-hybridized carbons (Fsp3) is 0.476. The van der Waals surface area contributed by atoms with Crippen LogP contribution in [-0.2, 0) is 10.0 Å². The molecular formula is C21H30ClN3O3S. The summed E-state index contributed by atoms with van der Waals surface area (Å²) in [6.45, 7) is 10.2. The average Bonchev–Trinajstić information content (AvgIpc) is 2.70. The zero-order valence-corrected chi connectivity index (χ0v) is 19.3. The standard InChI is InChI=1S/C17H20ClN3O3S.C4H10/c1-4-6-13(19)15-10(3)17(22)21-16(20-15)12-9-11(25(18)23)7-8-14(12)24-5-2;1-3-4-2/h7-9,19H,4-6H2,1-3H3,(H,20,21,22);3-4H2,1-2H3. The second kappa shape index (κ2) is 12.5. The molecule has 160 valence electrons. The van der Waals surface area contributed by atoms with Gasteiger partial charge >= 0.3 is 0 Å². The molecule has 8 heteroatoms. The Morgan fingerprint density at radius 2 is 1.86 bits per heavy atom. The van der Waals surface area contributed by atoms with Crippen LogP contribution < -0.4 is 10.3 Å². The smallest absolute Gasteiger partial charge is 0.254 e. The molecule has 2 aromatic rings. The molecule has 0 aliphatic heterocycles. The van der Waals surface area contributed by atoms with E-state index in [0.29, 0.717) is 46.2 Å². The Bertz CT molecular complexity index is 911. The number of benzene rings is 1. The van der Waals surface area contributed by atoms with Gasteiger partial charge in [0.15, 0.2) is 0 Å². The lowest BCUT2D eigenvalue weighted by molar-refractivity contribution is 0.341. The number of halogens is 1. The molecular weight excluding hydrogens is 410 g/mol. The van der Waals surface area contributed by atoms with Gasteiger partial charge in [-0.3, -0.25) is 4.79 Å². The van der Waals surface area contributed by atoms with E-state index >= 15 is 0 Å². The van der Waals surface area contributed by atoms with E-state index < -0.39 is 10.0 Å². The third-order valence-electron chi connectivity index (χ3n) is 4.13. The Balaban J connectivity index is 0.000000960. The van der Waals surface area contributed by atoms with Gasteiger partial charge < -0.3 is 15.1 Å². The van der Waals surface area contributed by atoms with Crippen molar-refractivity contribution in [2.45, 2.75) is 65.2 Å². The molecule has 1 unspecified atom stereocenters. The van der Waals surface area contributed by atoms with Crippen molar-refractivity contribution in [2.24, 2.45) is 0 Å². The van der Waals surface area contributed by atoms with Crippen LogP contribution in [0.25, 0.3) is 11.4 Å². The van der Waals surface area contributed by atoms with Gasteiger partial charge in [-0.25, -0.2) is 9.19 Å². The van der Waals surface area contributed by atoms with Gasteiger partial charge in [-0.1, -0.05) is 40.0 Å². The minimum atomic E-state index is -1.70. The zero-order valence-electron chi connectivity index (χ0n) is 17.7. The Hall–Kier alpha value is -1.99. The summed E-state index contributed by atoms with van der Waals surface area (Å²) in [5.74, 6) is 0.757. The molecule has 0 aliphatic carbocycles. The zero-order chi connectivity index (χ0) is 22.0. The van der Waals surface area contributed by atoms with Crippen LogP contribution in [0.5, 0.6) is 5.75 Å². The number of unbranched alkanes of at least 4 members (excludes halogenated alkanes) is 1. The number of hydrogen-bond acceptors (Lipinski definition) is 5. The quantitative estimate of drug-likeness (QED) is 0.426. The predicted molar refractivity (Wildman–Crippen MR) is 121 cm³/mol. The molecule has 0 amide bonds. The number of ether oxygens (including phenoxy) is 1. The van der Waals surface area contributed by atoms with E-state index in [2.05, 4.69) is 23.8 Å². The number of aromatic nitrogens is 2. The number of nitrogens with one attached hydrogen (secondary N) is 2. The molecule has 1 aromatic carbocycles. The van der Waals surface area contributed by atoms with Gasteiger partial charge in [0.1, 0.15) is 21.6 Å². The Morgan fingerprint density at radius 1 is 1.21 bits per heavy atom. The van der Waals surface area contributed by atoms with Crippen molar-refractivity contribution in [3.63, 3.8) is 0 Å². The SMILES string of the molecule is CCCC.CCCC(=N)c1nc(-c2cc(S(=O)Cl)ccc2OCC)[nH]c(=O)c1C. The van der Waals surface area contributed by atoms with Crippen LogP contribution in [0.4, 0.5) is 0 Å². The molecule has 1 aromatic heterocycles. The second-order valence-electron chi connectivity index (χ2n) is 6.43. The minimum Gasteiger partial charge on any atom is -0.493 e. The van der Waals surface area contributed by atoms with Crippen LogP contribution in [-0.4, -0.2) is 26.5 Å². The van der Waals surface area contributed by atoms with E-state index in [4.69, 9.17) is 20.8 Å². The third kappa shape index (κ3) is 7.08. The molecule has 0 bridgehead atoms. The maximum atomic E-state index is 12.3. The number of H-pyrrole nitrogens is 1. The molecule has 0 saturated carbocycles. The molecule has 29 heavy (non-hydrogen) atoms. The van der Waals surface area contributed by atoms with Gasteiger partial charge in [0, 0.05) is 5.56 Å². The van der Waals surface area contributed by atoms with Crippen molar-refractivity contribution in [3.8, 4) is 17.1 Å². The largest absolute Gasteiger partial charge is 0.493 e. The summed E-state index contributed by atoms with van der Waals surface area (Å²) in [5, 5.41) is 8.16. The Kier molecular flexibility index (Phi) is 10.8. The van der Waals surface area contributed by atoms with Crippen LogP contribution in [0, 0.1) is 12.3 Å². The summed E-state index contributed by atoms with van der Waals surface area (Å²) >= 11 is 0. The first-order chi connectivity index (χ1) is 13.8. The van der Waals surface area contributed by atoms with Crippen molar-refractivity contribution in [2.75, 3.05) is 6.61 Å². The van der Waals surface area contributed by atoms with Gasteiger partial charge in [-0.2, -0.15) is 0 Å². The highest BCUT2D eigenvalue weighted by atomic mass is 35.7. The van der Waals surface area contributed by atoms with Gasteiger partial charge in [-0.05, 0) is 49.1 Å².